The number of rotatable bonds is 4. The Morgan fingerprint density at radius 3 is 1.47 bits per heavy atom. The van der Waals surface area contributed by atoms with E-state index in [0.29, 0.717) is 0 Å². The molecule has 43 heavy (non-hydrogen) atoms. The first-order valence-corrected chi connectivity index (χ1v) is 14.8. The van der Waals surface area contributed by atoms with Crippen LogP contribution in [0.3, 0.4) is 0 Å². The van der Waals surface area contributed by atoms with E-state index in [2.05, 4.69) is 151 Å². The molecule has 0 spiro atoms. The number of fused-ring (bicyclic) bond motifs is 3. The van der Waals surface area contributed by atoms with Crippen molar-refractivity contribution in [3.05, 3.63) is 164 Å². The molecule has 0 unspecified atom stereocenters. The van der Waals surface area contributed by atoms with E-state index in [-0.39, 0.29) is 0 Å². The van der Waals surface area contributed by atoms with Crippen LogP contribution in [0.5, 0.6) is 0 Å². The van der Waals surface area contributed by atoms with Crippen LogP contribution in [0.2, 0.25) is 0 Å². The van der Waals surface area contributed by atoms with E-state index in [9.17, 15) is 0 Å². The molecule has 1 heteroatoms. The molecule has 0 aliphatic carbocycles. The highest BCUT2D eigenvalue weighted by Gasteiger charge is 2.18. The van der Waals surface area contributed by atoms with Gasteiger partial charge in [0, 0.05) is 12.4 Å². The van der Waals surface area contributed by atoms with Gasteiger partial charge in [0.05, 0.1) is 0 Å². The van der Waals surface area contributed by atoms with Crippen LogP contribution in [-0.2, 0) is 0 Å². The van der Waals surface area contributed by atoms with E-state index in [1.54, 1.807) is 0 Å². The van der Waals surface area contributed by atoms with Gasteiger partial charge in [-0.15, -0.1) is 0 Å². The molecule has 0 fully saturated rings. The SMILES string of the molecule is Cc1ccc(-c2cccc3c(-c4c5ccccc5c(-c5ccc(-c6cccnc6)cc5)c5ccccc45)cccc23)cc1. The third-order valence-corrected chi connectivity index (χ3v) is 8.65. The molecule has 7 aromatic carbocycles. The van der Waals surface area contributed by atoms with Crippen LogP contribution in [-0.4, -0.2) is 4.98 Å². The van der Waals surface area contributed by atoms with Crippen LogP contribution < -0.4 is 0 Å². The molecule has 0 saturated carbocycles. The maximum Gasteiger partial charge on any atom is 0.0346 e. The van der Waals surface area contributed by atoms with E-state index in [1.165, 1.54) is 76.8 Å². The summed E-state index contributed by atoms with van der Waals surface area (Å²) in [6.45, 7) is 2.14. The van der Waals surface area contributed by atoms with Crippen molar-refractivity contribution < 1.29 is 0 Å². The summed E-state index contributed by atoms with van der Waals surface area (Å²) in [6.07, 6.45) is 3.74. The molecule has 0 atom stereocenters. The molecule has 8 aromatic rings. The van der Waals surface area contributed by atoms with Crippen LogP contribution >= 0.6 is 0 Å². The molecular weight excluding hydrogens is 518 g/mol. The smallest absolute Gasteiger partial charge is 0.0346 e. The molecule has 1 nitrogen and oxygen atoms in total. The maximum atomic E-state index is 4.31. The summed E-state index contributed by atoms with van der Waals surface area (Å²) < 4.78 is 0. The number of benzene rings is 7. The summed E-state index contributed by atoms with van der Waals surface area (Å²) in [5, 5.41) is 7.59. The predicted octanol–water partition coefficient (Wildman–Crippen LogP) is 11.5. The Kier molecular flexibility index (Phi) is 6.09. The van der Waals surface area contributed by atoms with Gasteiger partial charge >= 0.3 is 0 Å². The number of hydrogen-bond acceptors (Lipinski definition) is 1. The minimum Gasteiger partial charge on any atom is -0.264 e. The molecule has 0 saturated heterocycles. The van der Waals surface area contributed by atoms with Crippen molar-refractivity contribution >= 4 is 32.3 Å². The van der Waals surface area contributed by atoms with Crippen molar-refractivity contribution in [2.75, 3.05) is 0 Å². The van der Waals surface area contributed by atoms with Crippen molar-refractivity contribution in [2.45, 2.75) is 6.92 Å². The van der Waals surface area contributed by atoms with Crippen molar-refractivity contribution in [2.24, 2.45) is 0 Å². The van der Waals surface area contributed by atoms with Crippen LogP contribution in [0, 0.1) is 6.92 Å². The lowest BCUT2D eigenvalue weighted by Crippen LogP contribution is -1.92. The Balaban J connectivity index is 1.39. The highest BCUT2D eigenvalue weighted by Crippen LogP contribution is 2.46. The molecule has 0 bridgehead atoms. The fourth-order valence-electron chi connectivity index (χ4n) is 6.61. The van der Waals surface area contributed by atoms with E-state index in [1.807, 2.05) is 18.5 Å². The summed E-state index contributed by atoms with van der Waals surface area (Å²) >= 11 is 0. The van der Waals surface area contributed by atoms with Gasteiger partial charge in [-0.2, -0.15) is 0 Å². The van der Waals surface area contributed by atoms with Crippen LogP contribution in [0.15, 0.2) is 158 Å². The molecule has 0 amide bonds. The van der Waals surface area contributed by atoms with Gasteiger partial charge in [-0.3, -0.25) is 4.98 Å². The van der Waals surface area contributed by atoms with Gasteiger partial charge in [0.15, 0.2) is 0 Å². The molecule has 1 heterocycles. The van der Waals surface area contributed by atoms with Crippen LogP contribution in [0.25, 0.3) is 76.8 Å². The molecule has 1 aromatic heterocycles. The van der Waals surface area contributed by atoms with Crippen molar-refractivity contribution in [1.29, 1.82) is 0 Å². The zero-order valence-corrected chi connectivity index (χ0v) is 24.0. The van der Waals surface area contributed by atoms with E-state index in [0.717, 1.165) is 5.56 Å². The number of aromatic nitrogens is 1. The lowest BCUT2D eigenvalue weighted by molar-refractivity contribution is 1.33. The molecule has 0 aliphatic heterocycles. The largest absolute Gasteiger partial charge is 0.264 e. The normalized spacial score (nSPS) is 11.4. The fourth-order valence-corrected chi connectivity index (χ4v) is 6.61. The van der Waals surface area contributed by atoms with Gasteiger partial charge in [0.25, 0.3) is 0 Å². The van der Waals surface area contributed by atoms with Gasteiger partial charge in [-0.1, -0.05) is 145 Å². The minimum atomic E-state index is 1.13. The average molecular weight is 548 g/mol. The van der Waals surface area contributed by atoms with Gasteiger partial charge in [0.2, 0.25) is 0 Å². The van der Waals surface area contributed by atoms with Crippen LogP contribution in [0.4, 0.5) is 0 Å². The second-order valence-corrected chi connectivity index (χ2v) is 11.2. The lowest BCUT2D eigenvalue weighted by Gasteiger charge is -2.19. The number of nitrogens with zero attached hydrogens (tertiary/aromatic N) is 1. The third kappa shape index (κ3) is 4.29. The number of pyridine rings is 1. The number of aryl methyl sites for hydroxylation is 1. The molecule has 0 N–H and O–H groups in total. The standard InChI is InChI=1S/C42H29N/c1-28-18-20-30(21-19-28)33-14-6-16-35-34(33)15-7-17-36(35)42-39-12-4-2-10-37(39)41(38-11-3-5-13-40(38)42)31-24-22-29(23-25-31)32-9-8-26-43-27-32/h2-27H,1H3. The Bertz CT molecular complexity index is 2200. The average Bonchev–Trinajstić information content (AvgIpc) is 3.07. The monoisotopic (exact) mass is 547 g/mol. The highest BCUT2D eigenvalue weighted by molar-refractivity contribution is 6.24. The first-order valence-electron chi connectivity index (χ1n) is 14.8. The summed E-state index contributed by atoms with van der Waals surface area (Å²) in [5.74, 6) is 0. The molecule has 0 radical (unpaired) electrons. The molecule has 0 aliphatic rings. The van der Waals surface area contributed by atoms with Crippen LogP contribution in [0.1, 0.15) is 5.56 Å². The quantitative estimate of drug-likeness (QED) is 0.200. The first-order chi connectivity index (χ1) is 21.3. The minimum absolute atomic E-state index is 1.13. The molecule has 202 valence electrons. The predicted molar refractivity (Wildman–Crippen MR) is 183 cm³/mol. The zero-order valence-electron chi connectivity index (χ0n) is 24.0. The van der Waals surface area contributed by atoms with Gasteiger partial charge in [-0.05, 0) is 89.8 Å². The summed E-state index contributed by atoms with van der Waals surface area (Å²) in [7, 11) is 0. The van der Waals surface area contributed by atoms with E-state index < -0.39 is 0 Å². The summed E-state index contributed by atoms with van der Waals surface area (Å²) in [6, 6.07) is 53.1. The van der Waals surface area contributed by atoms with E-state index >= 15 is 0 Å². The molecular formula is C42H29N. The Morgan fingerprint density at radius 2 is 0.860 bits per heavy atom. The Labute approximate surface area is 251 Å². The van der Waals surface area contributed by atoms with Gasteiger partial charge < -0.3 is 0 Å². The summed E-state index contributed by atoms with van der Waals surface area (Å²) in [4.78, 5) is 4.31. The van der Waals surface area contributed by atoms with Gasteiger partial charge in [0.1, 0.15) is 0 Å². The van der Waals surface area contributed by atoms with Gasteiger partial charge in [-0.25, -0.2) is 0 Å². The first kappa shape index (κ1) is 25.2. The van der Waals surface area contributed by atoms with Crippen molar-refractivity contribution in [1.82, 2.24) is 4.98 Å². The lowest BCUT2D eigenvalue weighted by atomic mass is 9.84. The van der Waals surface area contributed by atoms with Crippen molar-refractivity contribution in [3.63, 3.8) is 0 Å². The third-order valence-electron chi connectivity index (χ3n) is 8.65. The Hall–Kier alpha value is -5.53. The topological polar surface area (TPSA) is 12.9 Å². The second-order valence-electron chi connectivity index (χ2n) is 11.2. The highest BCUT2D eigenvalue weighted by atomic mass is 14.6. The Morgan fingerprint density at radius 1 is 0.349 bits per heavy atom. The summed E-state index contributed by atoms with van der Waals surface area (Å²) in [5.41, 5.74) is 11.1. The zero-order chi connectivity index (χ0) is 28.8. The second kappa shape index (κ2) is 10.4. The molecule has 8 rings (SSSR count). The van der Waals surface area contributed by atoms with E-state index in [4.69, 9.17) is 0 Å². The fraction of sp³-hybridized carbons (Fsp3) is 0.0238. The maximum absolute atomic E-state index is 4.31. The van der Waals surface area contributed by atoms with Crippen molar-refractivity contribution in [3.8, 4) is 44.5 Å². The number of hydrogen-bond donors (Lipinski definition) is 0.